The molecule has 0 aliphatic rings. The summed E-state index contributed by atoms with van der Waals surface area (Å²) in [6, 6.07) is 11.4. The number of anilines is 1. The summed E-state index contributed by atoms with van der Waals surface area (Å²) >= 11 is 9.12. The van der Waals surface area contributed by atoms with Crippen molar-refractivity contribution in [2.75, 3.05) is 5.73 Å². The SMILES string of the molecule is Nc1cccc(CS(=O)(=O)c2cccc(Cl)c2)c1Br. The predicted octanol–water partition coefficient (Wildman–Crippen LogP) is 3.66. The van der Waals surface area contributed by atoms with E-state index in [9.17, 15) is 8.42 Å². The van der Waals surface area contributed by atoms with Gasteiger partial charge in [0, 0.05) is 15.2 Å². The number of halogens is 2. The molecule has 0 spiro atoms. The molecular weight excluding hydrogens is 350 g/mol. The molecule has 2 aromatic rings. The first-order chi connectivity index (χ1) is 8.90. The molecule has 0 radical (unpaired) electrons. The lowest BCUT2D eigenvalue weighted by atomic mass is 10.2. The van der Waals surface area contributed by atoms with Crippen LogP contribution in [0.2, 0.25) is 5.02 Å². The van der Waals surface area contributed by atoms with Crippen molar-refractivity contribution in [2.45, 2.75) is 10.6 Å². The fraction of sp³-hybridized carbons (Fsp3) is 0.0769. The number of hydrogen-bond donors (Lipinski definition) is 1. The van der Waals surface area contributed by atoms with Gasteiger partial charge in [0.05, 0.1) is 10.6 Å². The maximum absolute atomic E-state index is 12.3. The standard InChI is InChI=1S/C13H11BrClNO2S/c14-13-9(3-1-6-12(13)16)8-19(17,18)11-5-2-4-10(15)7-11/h1-7H,8,16H2. The molecule has 0 amide bonds. The van der Waals surface area contributed by atoms with Gasteiger partial charge in [-0.05, 0) is 45.8 Å². The highest BCUT2D eigenvalue weighted by Gasteiger charge is 2.17. The minimum atomic E-state index is -3.45. The fourth-order valence-corrected chi connectivity index (χ4v) is 3.91. The van der Waals surface area contributed by atoms with Gasteiger partial charge in [-0.25, -0.2) is 8.42 Å². The third-order valence-corrected chi connectivity index (χ3v) is 5.47. The summed E-state index contributed by atoms with van der Waals surface area (Å²) < 4.78 is 25.2. The number of hydrogen-bond acceptors (Lipinski definition) is 3. The molecule has 0 aliphatic carbocycles. The molecule has 0 unspecified atom stereocenters. The summed E-state index contributed by atoms with van der Waals surface area (Å²) in [4.78, 5) is 0.203. The van der Waals surface area contributed by atoms with Crippen molar-refractivity contribution in [3.05, 3.63) is 57.5 Å². The minimum Gasteiger partial charge on any atom is -0.398 e. The highest BCUT2D eigenvalue weighted by Crippen LogP contribution is 2.27. The van der Waals surface area contributed by atoms with E-state index in [4.69, 9.17) is 17.3 Å². The van der Waals surface area contributed by atoms with E-state index < -0.39 is 9.84 Å². The molecule has 0 bridgehead atoms. The molecule has 0 fully saturated rings. The Bertz CT molecular complexity index is 716. The molecule has 6 heteroatoms. The lowest BCUT2D eigenvalue weighted by Gasteiger charge is -2.08. The average Bonchev–Trinajstić information content (AvgIpc) is 2.35. The highest BCUT2D eigenvalue weighted by molar-refractivity contribution is 9.10. The van der Waals surface area contributed by atoms with Crippen LogP contribution in [0.1, 0.15) is 5.56 Å². The molecule has 19 heavy (non-hydrogen) atoms. The van der Waals surface area contributed by atoms with Crippen molar-refractivity contribution in [2.24, 2.45) is 0 Å². The van der Waals surface area contributed by atoms with Crippen molar-refractivity contribution < 1.29 is 8.42 Å². The van der Waals surface area contributed by atoms with E-state index in [1.54, 1.807) is 30.3 Å². The van der Waals surface area contributed by atoms with E-state index in [0.29, 0.717) is 20.7 Å². The summed E-state index contributed by atoms with van der Waals surface area (Å²) in [6.45, 7) is 0. The quantitative estimate of drug-likeness (QED) is 0.850. The maximum Gasteiger partial charge on any atom is 0.182 e. The Morgan fingerprint density at radius 2 is 1.84 bits per heavy atom. The zero-order chi connectivity index (χ0) is 14.0. The minimum absolute atomic E-state index is 0.126. The van der Waals surface area contributed by atoms with Crippen LogP contribution >= 0.6 is 27.5 Å². The second-order valence-corrected chi connectivity index (χ2v) is 7.26. The highest BCUT2D eigenvalue weighted by atomic mass is 79.9. The lowest BCUT2D eigenvalue weighted by Crippen LogP contribution is -2.06. The fourth-order valence-electron chi connectivity index (χ4n) is 1.66. The number of benzene rings is 2. The third kappa shape index (κ3) is 3.29. The smallest absolute Gasteiger partial charge is 0.182 e. The van der Waals surface area contributed by atoms with E-state index in [-0.39, 0.29) is 10.6 Å². The van der Waals surface area contributed by atoms with Crippen LogP contribution in [-0.4, -0.2) is 8.42 Å². The Morgan fingerprint density at radius 3 is 2.53 bits per heavy atom. The molecule has 0 aliphatic heterocycles. The molecule has 0 aromatic heterocycles. The normalized spacial score (nSPS) is 11.5. The van der Waals surface area contributed by atoms with Gasteiger partial charge in [0.1, 0.15) is 0 Å². The Balaban J connectivity index is 2.39. The second-order valence-electron chi connectivity index (χ2n) is 4.04. The molecule has 0 saturated heterocycles. The van der Waals surface area contributed by atoms with Crippen LogP contribution in [0, 0.1) is 0 Å². The topological polar surface area (TPSA) is 60.2 Å². The first-order valence-electron chi connectivity index (χ1n) is 5.41. The predicted molar refractivity (Wildman–Crippen MR) is 80.9 cm³/mol. The molecular formula is C13H11BrClNO2S. The van der Waals surface area contributed by atoms with Gasteiger partial charge in [-0.1, -0.05) is 29.8 Å². The van der Waals surface area contributed by atoms with Crippen molar-refractivity contribution in [3.63, 3.8) is 0 Å². The van der Waals surface area contributed by atoms with Crippen LogP contribution in [0.4, 0.5) is 5.69 Å². The zero-order valence-corrected chi connectivity index (χ0v) is 13.0. The molecule has 3 nitrogen and oxygen atoms in total. The molecule has 0 heterocycles. The number of rotatable bonds is 3. The maximum atomic E-state index is 12.3. The number of nitrogens with two attached hydrogens (primary N) is 1. The van der Waals surface area contributed by atoms with Crippen LogP contribution in [-0.2, 0) is 15.6 Å². The van der Waals surface area contributed by atoms with Crippen molar-refractivity contribution in [1.29, 1.82) is 0 Å². The van der Waals surface area contributed by atoms with Crippen LogP contribution in [0.15, 0.2) is 51.8 Å². The summed E-state index contributed by atoms with van der Waals surface area (Å²) in [5.41, 5.74) is 6.88. The van der Waals surface area contributed by atoms with Crippen LogP contribution < -0.4 is 5.73 Å². The zero-order valence-electron chi connectivity index (χ0n) is 9.81. The van der Waals surface area contributed by atoms with Gasteiger partial charge in [-0.3, -0.25) is 0 Å². The first kappa shape index (κ1) is 14.4. The van der Waals surface area contributed by atoms with Gasteiger partial charge in [0.15, 0.2) is 9.84 Å². The summed E-state index contributed by atoms with van der Waals surface area (Å²) in [6.07, 6.45) is 0. The molecule has 2 N–H and O–H groups in total. The Kier molecular flexibility index (Phi) is 4.18. The van der Waals surface area contributed by atoms with Gasteiger partial charge >= 0.3 is 0 Å². The average molecular weight is 361 g/mol. The Morgan fingerprint density at radius 1 is 1.16 bits per heavy atom. The van der Waals surface area contributed by atoms with Crippen molar-refractivity contribution >= 4 is 43.1 Å². The Labute approximate surface area is 125 Å². The van der Waals surface area contributed by atoms with Crippen molar-refractivity contribution in [1.82, 2.24) is 0 Å². The van der Waals surface area contributed by atoms with E-state index in [1.165, 1.54) is 12.1 Å². The second kappa shape index (κ2) is 5.53. The van der Waals surface area contributed by atoms with Crippen LogP contribution in [0.3, 0.4) is 0 Å². The summed E-state index contributed by atoms with van der Waals surface area (Å²) in [5.74, 6) is -0.126. The number of sulfone groups is 1. The molecule has 2 rings (SSSR count). The molecule has 0 saturated carbocycles. The van der Waals surface area contributed by atoms with Gasteiger partial charge in [-0.15, -0.1) is 0 Å². The van der Waals surface area contributed by atoms with Gasteiger partial charge in [-0.2, -0.15) is 0 Å². The summed E-state index contributed by atoms with van der Waals surface area (Å²) in [5, 5.41) is 0.396. The monoisotopic (exact) mass is 359 g/mol. The largest absolute Gasteiger partial charge is 0.398 e. The first-order valence-corrected chi connectivity index (χ1v) is 8.23. The van der Waals surface area contributed by atoms with E-state index in [2.05, 4.69) is 15.9 Å². The molecule has 0 atom stereocenters. The third-order valence-electron chi connectivity index (χ3n) is 2.61. The van der Waals surface area contributed by atoms with Gasteiger partial charge in [0.25, 0.3) is 0 Å². The van der Waals surface area contributed by atoms with Gasteiger partial charge in [0.2, 0.25) is 0 Å². The van der Waals surface area contributed by atoms with Crippen molar-refractivity contribution in [3.8, 4) is 0 Å². The van der Waals surface area contributed by atoms with E-state index in [0.717, 1.165) is 0 Å². The van der Waals surface area contributed by atoms with E-state index in [1.807, 2.05) is 0 Å². The van der Waals surface area contributed by atoms with Crippen LogP contribution in [0.5, 0.6) is 0 Å². The molecule has 100 valence electrons. The van der Waals surface area contributed by atoms with E-state index >= 15 is 0 Å². The van der Waals surface area contributed by atoms with Crippen LogP contribution in [0.25, 0.3) is 0 Å². The van der Waals surface area contributed by atoms with Gasteiger partial charge < -0.3 is 5.73 Å². The number of nitrogen functional groups attached to an aromatic ring is 1. The Hall–Kier alpha value is -1.04. The summed E-state index contributed by atoms with van der Waals surface area (Å²) in [7, 11) is -3.45. The molecule has 2 aromatic carbocycles. The lowest BCUT2D eigenvalue weighted by molar-refractivity contribution is 0.595.